The zero-order valence-electron chi connectivity index (χ0n) is 38.5. The van der Waals surface area contributed by atoms with Crippen LogP contribution in [0.5, 0.6) is 17.6 Å². The topological polar surface area (TPSA) is 81.6 Å². The molecule has 2 aromatic carbocycles. The van der Waals surface area contributed by atoms with E-state index in [9.17, 15) is 4.39 Å². The Bertz CT molecular complexity index is 2320. The minimum Gasteiger partial charge on any atom is -0.543 e. The zero-order valence-corrected chi connectivity index (χ0v) is 40.5. The molecule has 2 saturated heterocycles. The van der Waals surface area contributed by atoms with Crippen molar-refractivity contribution in [1.82, 2.24) is 19.9 Å². The first-order chi connectivity index (χ1) is 28.7. The molecule has 0 aliphatic carbocycles. The smallest absolute Gasteiger partial charge is 0.319 e. The summed E-state index contributed by atoms with van der Waals surface area (Å²) in [5, 5.41) is 4.77. The van der Waals surface area contributed by atoms with Crippen LogP contribution in [0.1, 0.15) is 115 Å². The Kier molecular flexibility index (Phi) is 12.6. The molecular weight excluding hydrogens is 808 g/mol. The van der Waals surface area contributed by atoms with E-state index in [1.54, 1.807) is 6.07 Å². The summed E-state index contributed by atoms with van der Waals surface area (Å²) in [6, 6.07) is 6.73. The van der Waals surface area contributed by atoms with Crippen LogP contribution in [0.15, 0.2) is 24.3 Å². The normalized spacial score (nSPS) is 20.8. The van der Waals surface area contributed by atoms with Gasteiger partial charge in [-0.3, -0.25) is 4.90 Å². The van der Waals surface area contributed by atoms with Crippen LogP contribution in [-0.2, 0) is 0 Å². The molecule has 0 saturated carbocycles. The summed E-state index contributed by atoms with van der Waals surface area (Å²) in [4.78, 5) is 16.5. The molecule has 330 valence electrons. The first kappa shape index (κ1) is 45.2. The van der Waals surface area contributed by atoms with Gasteiger partial charge in [-0.25, -0.2) is 18.2 Å². The Balaban J connectivity index is 1.50. The van der Waals surface area contributed by atoms with Crippen LogP contribution in [0.25, 0.3) is 32.9 Å². The Morgan fingerprint density at radius 2 is 1.57 bits per heavy atom. The van der Waals surface area contributed by atoms with Gasteiger partial charge in [-0.05, 0) is 83.1 Å². The molecule has 1 N–H and O–H groups in total. The van der Waals surface area contributed by atoms with E-state index in [1.807, 2.05) is 19.1 Å². The van der Waals surface area contributed by atoms with Crippen LogP contribution in [0.3, 0.4) is 0 Å². The highest BCUT2D eigenvalue weighted by molar-refractivity contribution is 6.90. The fourth-order valence-corrected chi connectivity index (χ4v) is 22.1. The molecule has 0 spiro atoms. The third-order valence-electron chi connectivity index (χ3n) is 14.4. The van der Waals surface area contributed by atoms with Crippen LogP contribution < -0.4 is 19.2 Å². The lowest BCUT2D eigenvalue weighted by Gasteiger charge is -2.42. The standard InChI is InChI=1S/C48H66F3N5O3Si2/c1-27(2)60(28(3)4,29(5)6)20-17-37-39(50)16-15-34-21-36(59-61(30(7)8,31(9)10)32(11)12)22-38(40(34)37)43-42(51)44-41-45(52-33(13)25-57-46(41)53-43)55-47(54-44)58-26-48-18-14-19-56(48)24-35(49)23-48/h15-16,21-22,27-33,35H,14,18-19,23-26H2,1-13H3,(H,52,54,55)/t33-,35+,48-/m0/s1. The van der Waals surface area contributed by atoms with Gasteiger partial charge < -0.3 is 19.2 Å². The van der Waals surface area contributed by atoms with Crippen molar-refractivity contribution in [2.75, 3.05) is 31.6 Å². The molecular formula is C48H66F3N5O3Si2. The third-order valence-corrected chi connectivity index (χ3v) is 26.7. The van der Waals surface area contributed by atoms with Gasteiger partial charge >= 0.3 is 6.01 Å². The zero-order chi connectivity index (χ0) is 44.3. The number of ether oxygens (including phenoxy) is 2. The number of fused-ring (bicyclic) bond motifs is 2. The second-order valence-corrected chi connectivity index (χ2v) is 30.9. The SMILES string of the molecule is CC(C)[Si](C#Cc1c(F)ccc2cc(O[Si](C(C)C)(C(C)C)C(C)C)cc(-c3nc4c5c(nc(OC[C@@]67CCCN6C[C@H](F)C7)nc5c3F)N[C@@H](C)CO4)c12)(C(C)C)C(C)C. The van der Waals surface area contributed by atoms with Gasteiger partial charge in [0, 0.05) is 23.9 Å². The monoisotopic (exact) mass is 873 g/mol. The van der Waals surface area contributed by atoms with E-state index in [0.717, 1.165) is 19.4 Å². The first-order valence-electron chi connectivity index (χ1n) is 22.6. The molecule has 0 amide bonds. The predicted molar refractivity (Wildman–Crippen MR) is 247 cm³/mol. The fourth-order valence-electron chi connectivity index (χ4n) is 11.6. The number of rotatable bonds is 12. The summed E-state index contributed by atoms with van der Waals surface area (Å²) in [5.41, 5.74) is 5.47. The molecule has 13 heteroatoms. The summed E-state index contributed by atoms with van der Waals surface area (Å²) < 4.78 is 69.1. The van der Waals surface area contributed by atoms with E-state index in [-0.39, 0.29) is 64.5 Å². The second-order valence-electron chi connectivity index (χ2n) is 19.9. The van der Waals surface area contributed by atoms with E-state index in [0.29, 0.717) is 62.9 Å². The molecule has 0 bridgehead atoms. The maximum absolute atomic E-state index is 17.9. The largest absolute Gasteiger partial charge is 0.543 e. The molecule has 3 aliphatic heterocycles. The summed E-state index contributed by atoms with van der Waals surface area (Å²) in [7, 11) is -4.85. The van der Waals surface area contributed by atoms with Gasteiger partial charge in [0.05, 0.1) is 17.1 Å². The van der Waals surface area contributed by atoms with Gasteiger partial charge in [0.2, 0.25) is 5.88 Å². The molecule has 0 unspecified atom stereocenters. The lowest BCUT2D eigenvalue weighted by Crippen LogP contribution is -2.50. The van der Waals surface area contributed by atoms with Gasteiger partial charge in [-0.2, -0.15) is 9.97 Å². The van der Waals surface area contributed by atoms with Gasteiger partial charge in [0.25, 0.3) is 8.32 Å². The minimum atomic E-state index is -2.52. The predicted octanol–water partition coefficient (Wildman–Crippen LogP) is 12.4. The summed E-state index contributed by atoms with van der Waals surface area (Å²) in [6.07, 6.45) is 1.21. The highest BCUT2D eigenvalue weighted by Gasteiger charge is 2.50. The van der Waals surface area contributed by atoms with E-state index >= 15 is 8.78 Å². The van der Waals surface area contributed by atoms with Crippen molar-refractivity contribution in [3.05, 3.63) is 41.5 Å². The third kappa shape index (κ3) is 7.81. The number of alkyl halides is 1. The number of aromatic nitrogens is 3. The number of halogens is 3. The second kappa shape index (κ2) is 17.0. The lowest BCUT2D eigenvalue weighted by molar-refractivity contribution is 0.107. The van der Waals surface area contributed by atoms with Crippen LogP contribution in [0, 0.1) is 23.1 Å². The molecule has 8 nitrogen and oxygen atoms in total. The fraction of sp³-hybridized carbons (Fsp3) is 0.604. The molecule has 2 aromatic heterocycles. The van der Waals surface area contributed by atoms with Crippen LogP contribution in [0.4, 0.5) is 19.0 Å². The summed E-state index contributed by atoms with van der Waals surface area (Å²) >= 11 is 0. The Labute approximate surface area is 363 Å². The average Bonchev–Trinajstić information content (AvgIpc) is 3.65. The molecule has 61 heavy (non-hydrogen) atoms. The maximum Gasteiger partial charge on any atom is 0.319 e. The van der Waals surface area contributed by atoms with Crippen LogP contribution in [0.2, 0.25) is 33.2 Å². The summed E-state index contributed by atoms with van der Waals surface area (Å²) in [6.45, 7) is 30.2. The molecule has 4 aromatic rings. The number of pyridine rings is 1. The van der Waals surface area contributed by atoms with Crippen molar-refractivity contribution in [2.24, 2.45) is 0 Å². The molecule has 2 fully saturated rings. The first-order valence-corrected chi connectivity index (χ1v) is 26.9. The van der Waals surface area contributed by atoms with Gasteiger partial charge in [0.1, 0.15) is 61.4 Å². The van der Waals surface area contributed by atoms with E-state index in [4.69, 9.17) is 28.9 Å². The molecule has 5 heterocycles. The maximum atomic E-state index is 17.9. The Morgan fingerprint density at radius 1 is 0.902 bits per heavy atom. The minimum absolute atomic E-state index is 0.0203. The molecule has 0 radical (unpaired) electrons. The lowest BCUT2D eigenvalue weighted by atomic mass is 9.95. The molecule has 3 atom stereocenters. The highest BCUT2D eigenvalue weighted by Crippen LogP contribution is 2.48. The highest BCUT2D eigenvalue weighted by atomic mass is 28.4. The number of nitrogens with one attached hydrogen (secondary N) is 1. The number of nitrogens with zero attached hydrogens (tertiary/aromatic N) is 4. The number of anilines is 1. The van der Waals surface area contributed by atoms with Crippen molar-refractivity contribution in [3.8, 4) is 40.4 Å². The van der Waals surface area contributed by atoms with Gasteiger partial charge in [0.15, 0.2) is 5.82 Å². The van der Waals surface area contributed by atoms with Gasteiger partial charge in [-0.15, -0.1) is 5.54 Å². The van der Waals surface area contributed by atoms with Crippen molar-refractivity contribution in [3.63, 3.8) is 0 Å². The van der Waals surface area contributed by atoms with Crippen molar-refractivity contribution < 1.29 is 27.1 Å². The average molecular weight is 874 g/mol. The van der Waals surface area contributed by atoms with Gasteiger partial charge in [-0.1, -0.05) is 95.1 Å². The summed E-state index contributed by atoms with van der Waals surface area (Å²) in [5.74, 6) is 3.26. The number of benzene rings is 2. The number of hydrogen-bond acceptors (Lipinski definition) is 8. The quantitative estimate of drug-likeness (QED) is 0.111. The van der Waals surface area contributed by atoms with Crippen molar-refractivity contribution in [1.29, 1.82) is 0 Å². The number of hydrogen-bond donors (Lipinski definition) is 1. The molecule has 7 rings (SSSR count). The van der Waals surface area contributed by atoms with Crippen molar-refractivity contribution in [2.45, 2.75) is 160 Å². The Morgan fingerprint density at radius 3 is 2.21 bits per heavy atom. The van der Waals surface area contributed by atoms with E-state index in [2.05, 4.69) is 105 Å². The van der Waals surface area contributed by atoms with Crippen molar-refractivity contribution >= 4 is 43.9 Å². The van der Waals surface area contributed by atoms with Crippen LogP contribution >= 0.6 is 0 Å². The van der Waals surface area contributed by atoms with E-state index < -0.39 is 39.7 Å². The van der Waals surface area contributed by atoms with E-state index in [1.165, 1.54) is 6.07 Å². The molecule has 3 aliphatic rings. The van der Waals surface area contributed by atoms with Crippen LogP contribution in [-0.4, -0.2) is 80.3 Å². The Hall–Kier alpha value is -3.87.